The van der Waals surface area contributed by atoms with Crippen LogP contribution in [0.5, 0.6) is 0 Å². The highest BCUT2D eigenvalue weighted by Gasteiger charge is 2.34. The van der Waals surface area contributed by atoms with E-state index in [1.165, 1.54) is 28.2 Å². The Bertz CT molecular complexity index is 1050. The smallest absolute Gasteiger partial charge is 0.138 e. The van der Waals surface area contributed by atoms with Crippen LogP contribution in [0, 0.1) is 12.8 Å². The van der Waals surface area contributed by atoms with Crippen molar-refractivity contribution in [1.82, 2.24) is 15.0 Å². The Kier molecular flexibility index (Phi) is 3.94. The van der Waals surface area contributed by atoms with E-state index in [9.17, 15) is 0 Å². The summed E-state index contributed by atoms with van der Waals surface area (Å²) in [6.45, 7) is 2.11. The van der Waals surface area contributed by atoms with Gasteiger partial charge >= 0.3 is 0 Å². The Labute approximate surface area is 160 Å². The van der Waals surface area contributed by atoms with E-state index in [1.807, 2.05) is 12.3 Å². The molecule has 1 aromatic carbocycles. The predicted octanol–water partition coefficient (Wildman–Crippen LogP) is 5.69. The molecule has 1 aliphatic carbocycles. The number of fused-ring (bicyclic) bond motifs is 1. The quantitative estimate of drug-likeness (QED) is 0.485. The Hall–Kier alpha value is -2.31. The van der Waals surface area contributed by atoms with Crippen LogP contribution in [0.3, 0.4) is 0 Å². The van der Waals surface area contributed by atoms with Gasteiger partial charge in [0.05, 0.1) is 11.4 Å². The van der Waals surface area contributed by atoms with Gasteiger partial charge in [0.2, 0.25) is 0 Å². The van der Waals surface area contributed by atoms with Gasteiger partial charge in [0.15, 0.2) is 0 Å². The Morgan fingerprint density at radius 2 is 1.92 bits per heavy atom. The van der Waals surface area contributed by atoms with Gasteiger partial charge in [0.25, 0.3) is 0 Å². The SMILES string of the molecule is Cc1cnc(C(Nc2ncnc3sc(-c4ccccc4)cc23)C2CC2)s1. The highest BCUT2D eigenvalue weighted by molar-refractivity contribution is 7.21. The van der Waals surface area contributed by atoms with Crippen LogP contribution < -0.4 is 5.32 Å². The van der Waals surface area contributed by atoms with Gasteiger partial charge < -0.3 is 5.32 Å². The minimum Gasteiger partial charge on any atom is -0.360 e. The molecule has 1 N–H and O–H groups in total. The lowest BCUT2D eigenvalue weighted by Gasteiger charge is -2.16. The number of thiophene rings is 1. The molecule has 0 saturated heterocycles. The number of benzene rings is 1. The van der Waals surface area contributed by atoms with Gasteiger partial charge in [-0.05, 0) is 37.3 Å². The topological polar surface area (TPSA) is 50.7 Å². The monoisotopic (exact) mass is 378 g/mol. The van der Waals surface area contributed by atoms with Crippen molar-refractivity contribution >= 4 is 38.7 Å². The van der Waals surface area contributed by atoms with Crippen LogP contribution >= 0.6 is 22.7 Å². The second kappa shape index (κ2) is 6.45. The van der Waals surface area contributed by atoms with Crippen molar-refractivity contribution in [3.8, 4) is 10.4 Å². The zero-order valence-corrected chi connectivity index (χ0v) is 16.0. The molecule has 1 saturated carbocycles. The molecule has 4 nitrogen and oxygen atoms in total. The Morgan fingerprint density at radius 1 is 1.08 bits per heavy atom. The molecule has 0 spiro atoms. The molecule has 6 heteroatoms. The van der Waals surface area contributed by atoms with E-state index in [1.54, 1.807) is 29.0 Å². The van der Waals surface area contributed by atoms with Crippen LogP contribution in [0.1, 0.15) is 28.8 Å². The molecule has 1 atom stereocenters. The summed E-state index contributed by atoms with van der Waals surface area (Å²) in [6.07, 6.45) is 6.13. The van der Waals surface area contributed by atoms with Crippen molar-refractivity contribution in [1.29, 1.82) is 0 Å². The summed E-state index contributed by atoms with van der Waals surface area (Å²) in [6, 6.07) is 12.9. The number of anilines is 1. The van der Waals surface area contributed by atoms with Crippen LogP contribution in [0.25, 0.3) is 20.7 Å². The number of rotatable bonds is 5. The van der Waals surface area contributed by atoms with E-state index in [2.05, 4.69) is 57.5 Å². The lowest BCUT2D eigenvalue weighted by atomic mass is 10.1. The first-order valence-electron chi connectivity index (χ1n) is 8.77. The van der Waals surface area contributed by atoms with Crippen LogP contribution in [-0.2, 0) is 0 Å². The molecule has 1 aliphatic rings. The summed E-state index contributed by atoms with van der Waals surface area (Å²) in [5, 5.41) is 5.94. The predicted molar refractivity (Wildman–Crippen MR) is 109 cm³/mol. The number of aromatic nitrogens is 3. The summed E-state index contributed by atoms with van der Waals surface area (Å²) in [5.41, 5.74) is 1.22. The number of thiazole rings is 1. The maximum atomic E-state index is 4.62. The van der Waals surface area contributed by atoms with Gasteiger partial charge in [0.1, 0.15) is 22.0 Å². The fraction of sp³-hybridized carbons (Fsp3) is 0.250. The van der Waals surface area contributed by atoms with Crippen molar-refractivity contribution < 1.29 is 0 Å². The van der Waals surface area contributed by atoms with E-state index < -0.39 is 0 Å². The van der Waals surface area contributed by atoms with Crippen LogP contribution in [0.15, 0.2) is 48.9 Å². The summed E-state index contributed by atoms with van der Waals surface area (Å²) in [7, 11) is 0. The first-order valence-corrected chi connectivity index (χ1v) is 10.4. The minimum atomic E-state index is 0.242. The summed E-state index contributed by atoms with van der Waals surface area (Å²) in [5.74, 6) is 1.57. The van der Waals surface area contributed by atoms with Crippen molar-refractivity contribution in [2.45, 2.75) is 25.8 Å². The summed E-state index contributed by atoms with van der Waals surface area (Å²) in [4.78, 5) is 17.2. The molecule has 26 heavy (non-hydrogen) atoms. The molecular formula is C20H18N4S2. The Morgan fingerprint density at radius 3 is 2.65 bits per heavy atom. The highest BCUT2D eigenvalue weighted by Crippen LogP contribution is 2.45. The molecule has 0 bridgehead atoms. The number of hydrogen-bond acceptors (Lipinski definition) is 6. The molecule has 0 aliphatic heterocycles. The van der Waals surface area contributed by atoms with Gasteiger partial charge in [-0.15, -0.1) is 22.7 Å². The zero-order chi connectivity index (χ0) is 17.5. The molecule has 1 unspecified atom stereocenters. The van der Waals surface area contributed by atoms with E-state index in [4.69, 9.17) is 0 Å². The maximum absolute atomic E-state index is 4.62. The zero-order valence-electron chi connectivity index (χ0n) is 14.3. The number of nitrogens with one attached hydrogen (secondary N) is 1. The molecule has 1 fully saturated rings. The second-order valence-electron chi connectivity index (χ2n) is 6.69. The maximum Gasteiger partial charge on any atom is 0.138 e. The Balaban J connectivity index is 1.53. The lowest BCUT2D eigenvalue weighted by molar-refractivity contribution is 0.671. The lowest BCUT2D eigenvalue weighted by Crippen LogP contribution is -2.13. The van der Waals surface area contributed by atoms with Crippen LogP contribution in [0.4, 0.5) is 5.82 Å². The number of aryl methyl sites for hydroxylation is 1. The van der Waals surface area contributed by atoms with E-state index >= 15 is 0 Å². The average molecular weight is 379 g/mol. The third kappa shape index (κ3) is 2.99. The van der Waals surface area contributed by atoms with E-state index in [0.717, 1.165) is 21.0 Å². The first-order chi connectivity index (χ1) is 12.8. The van der Waals surface area contributed by atoms with Crippen molar-refractivity contribution in [2.24, 2.45) is 5.92 Å². The third-order valence-electron chi connectivity index (χ3n) is 4.68. The van der Waals surface area contributed by atoms with E-state index in [-0.39, 0.29) is 6.04 Å². The first kappa shape index (κ1) is 15.9. The third-order valence-corrected chi connectivity index (χ3v) is 6.77. The summed E-state index contributed by atoms with van der Waals surface area (Å²) < 4.78 is 0. The normalized spacial score (nSPS) is 15.3. The summed E-state index contributed by atoms with van der Waals surface area (Å²) >= 11 is 3.49. The number of nitrogens with zero attached hydrogens (tertiary/aromatic N) is 3. The van der Waals surface area contributed by atoms with Crippen molar-refractivity contribution in [3.63, 3.8) is 0 Å². The molecule has 4 aromatic rings. The van der Waals surface area contributed by atoms with Gasteiger partial charge in [-0.1, -0.05) is 30.3 Å². The molecule has 0 amide bonds. The largest absolute Gasteiger partial charge is 0.360 e. The van der Waals surface area contributed by atoms with Crippen LogP contribution in [-0.4, -0.2) is 15.0 Å². The molecule has 3 heterocycles. The van der Waals surface area contributed by atoms with Gasteiger partial charge in [-0.25, -0.2) is 15.0 Å². The van der Waals surface area contributed by atoms with Crippen molar-refractivity contribution in [2.75, 3.05) is 5.32 Å². The van der Waals surface area contributed by atoms with Gasteiger partial charge in [-0.2, -0.15) is 0 Å². The van der Waals surface area contributed by atoms with Crippen LogP contribution in [0.2, 0.25) is 0 Å². The molecule has 0 radical (unpaired) electrons. The fourth-order valence-corrected chi connectivity index (χ4v) is 5.11. The molecule has 5 rings (SSSR count). The molecule has 3 aromatic heterocycles. The highest BCUT2D eigenvalue weighted by atomic mass is 32.1. The second-order valence-corrected chi connectivity index (χ2v) is 8.98. The average Bonchev–Trinajstić information content (AvgIpc) is 3.26. The van der Waals surface area contributed by atoms with E-state index in [0.29, 0.717) is 5.92 Å². The van der Waals surface area contributed by atoms with Gasteiger partial charge in [0, 0.05) is 16.0 Å². The van der Waals surface area contributed by atoms with Gasteiger partial charge in [-0.3, -0.25) is 0 Å². The standard InChI is InChI=1S/C20H18N4S2/c1-12-10-21-20(25-12)17(14-7-8-14)24-18-15-9-16(13-5-3-2-4-6-13)26-19(15)23-11-22-18/h2-6,9-11,14,17H,7-8H2,1H3,(H,22,23,24). The minimum absolute atomic E-state index is 0.242. The number of hydrogen-bond donors (Lipinski definition) is 1. The molecule has 130 valence electrons. The molecular weight excluding hydrogens is 360 g/mol. The van der Waals surface area contributed by atoms with Crippen molar-refractivity contribution in [3.05, 3.63) is 58.8 Å². The fourth-order valence-electron chi connectivity index (χ4n) is 3.19.